The molecular formula is C18H17ClN2O3S. The second-order valence-electron chi connectivity index (χ2n) is 5.67. The van der Waals surface area contributed by atoms with Gasteiger partial charge in [-0.05, 0) is 31.2 Å². The van der Waals surface area contributed by atoms with E-state index in [0.717, 1.165) is 9.78 Å². The van der Waals surface area contributed by atoms with Gasteiger partial charge in [0.25, 0.3) is 11.8 Å². The number of nitrogens with zero attached hydrogens (tertiary/aromatic N) is 2. The molecule has 1 aliphatic heterocycles. The molecule has 1 aromatic carbocycles. The smallest absolute Gasteiger partial charge is 0.261 e. The predicted molar refractivity (Wildman–Crippen MR) is 96.8 cm³/mol. The Labute approximate surface area is 154 Å². The lowest BCUT2D eigenvalue weighted by molar-refractivity contribution is -0.131. The van der Waals surface area contributed by atoms with Gasteiger partial charge in [-0.25, -0.2) is 0 Å². The molecule has 7 heteroatoms. The molecule has 5 nitrogen and oxygen atoms in total. The third-order valence-corrected chi connectivity index (χ3v) is 5.35. The van der Waals surface area contributed by atoms with Gasteiger partial charge < -0.3 is 4.90 Å². The van der Waals surface area contributed by atoms with Crippen LogP contribution in [-0.4, -0.2) is 40.6 Å². The van der Waals surface area contributed by atoms with Gasteiger partial charge >= 0.3 is 0 Å². The predicted octanol–water partition coefficient (Wildman–Crippen LogP) is 3.44. The molecule has 0 N–H and O–H groups in total. The van der Waals surface area contributed by atoms with Crippen molar-refractivity contribution in [3.63, 3.8) is 0 Å². The summed E-state index contributed by atoms with van der Waals surface area (Å²) in [5.41, 5.74) is 0.807. The van der Waals surface area contributed by atoms with Crippen molar-refractivity contribution in [2.75, 3.05) is 13.1 Å². The number of amides is 3. The van der Waals surface area contributed by atoms with Crippen LogP contribution < -0.4 is 0 Å². The number of hydrogen-bond acceptors (Lipinski definition) is 4. The van der Waals surface area contributed by atoms with Crippen LogP contribution in [0.4, 0.5) is 0 Å². The highest BCUT2D eigenvalue weighted by molar-refractivity contribution is 7.16. The molecule has 0 atom stereocenters. The molecule has 0 bridgehead atoms. The molecule has 0 unspecified atom stereocenters. The topological polar surface area (TPSA) is 57.7 Å². The summed E-state index contributed by atoms with van der Waals surface area (Å²) < 4.78 is 0.685. The van der Waals surface area contributed by atoms with Crippen LogP contribution in [0, 0.1) is 0 Å². The fourth-order valence-corrected chi connectivity index (χ4v) is 3.91. The molecule has 0 saturated carbocycles. The van der Waals surface area contributed by atoms with E-state index in [4.69, 9.17) is 11.6 Å². The third-order valence-electron chi connectivity index (χ3n) is 4.14. The van der Waals surface area contributed by atoms with Gasteiger partial charge in [0.1, 0.15) is 0 Å². The maximum Gasteiger partial charge on any atom is 0.261 e. The Morgan fingerprint density at radius 1 is 1.12 bits per heavy atom. The molecule has 0 radical (unpaired) electrons. The molecule has 1 aromatic heterocycles. The van der Waals surface area contributed by atoms with E-state index in [1.54, 1.807) is 35.2 Å². The highest BCUT2D eigenvalue weighted by Gasteiger charge is 2.35. The lowest BCUT2D eigenvalue weighted by atomic mass is 10.1. The van der Waals surface area contributed by atoms with Gasteiger partial charge in [-0.15, -0.1) is 11.3 Å². The van der Waals surface area contributed by atoms with Crippen LogP contribution in [0.5, 0.6) is 0 Å². The van der Waals surface area contributed by atoms with Crippen LogP contribution in [0.2, 0.25) is 4.34 Å². The van der Waals surface area contributed by atoms with Crippen molar-refractivity contribution in [3.05, 3.63) is 56.7 Å². The molecule has 3 amide bonds. The summed E-state index contributed by atoms with van der Waals surface area (Å²) in [4.78, 5) is 41.0. The van der Waals surface area contributed by atoms with Gasteiger partial charge in [0, 0.05) is 24.4 Å². The number of halogens is 1. The van der Waals surface area contributed by atoms with E-state index in [1.807, 2.05) is 13.0 Å². The van der Waals surface area contributed by atoms with E-state index >= 15 is 0 Å². The van der Waals surface area contributed by atoms with Crippen molar-refractivity contribution >= 4 is 40.7 Å². The number of imide groups is 1. The Hall–Kier alpha value is -2.18. The zero-order chi connectivity index (χ0) is 18.0. The first-order chi connectivity index (χ1) is 12.0. The van der Waals surface area contributed by atoms with Gasteiger partial charge in [0.15, 0.2) is 0 Å². The van der Waals surface area contributed by atoms with Gasteiger partial charge in [0.05, 0.1) is 22.0 Å². The first-order valence-corrected chi connectivity index (χ1v) is 9.18. The minimum Gasteiger partial charge on any atom is -0.338 e. The summed E-state index contributed by atoms with van der Waals surface area (Å²) in [6, 6.07) is 10.4. The Bertz CT molecular complexity index is 798. The van der Waals surface area contributed by atoms with E-state index in [1.165, 1.54) is 11.3 Å². The first kappa shape index (κ1) is 17.6. The summed E-state index contributed by atoms with van der Waals surface area (Å²) in [6.45, 7) is 3.02. The molecule has 3 rings (SSSR count). The fraction of sp³-hybridized carbons (Fsp3) is 0.278. The SMILES string of the molecule is CCN(Cc1ccc(Cl)s1)C(=O)CCN1C(=O)c2ccccc2C1=O. The van der Waals surface area contributed by atoms with Crippen molar-refractivity contribution in [3.8, 4) is 0 Å². The summed E-state index contributed by atoms with van der Waals surface area (Å²) in [7, 11) is 0. The average molecular weight is 377 g/mol. The first-order valence-electron chi connectivity index (χ1n) is 7.98. The molecule has 130 valence electrons. The summed E-state index contributed by atoms with van der Waals surface area (Å²) in [5, 5.41) is 0. The third kappa shape index (κ3) is 3.60. The molecule has 1 aliphatic rings. The van der Waals surface area contributed by atoms with E-state index in [-0.39, 0.29) is 30.7 Å². The highest BCUT2D eigenvalue weighted by atomic mass is 35.5. The zero-order valence-electron chi connectivity index (χ0n) is 13.7. The van der Waals surface area contributed by atoms with Crippen LogP contribution in [0.1, 0.15) is 38.9 Å². The Balaban J connectivity index is 1.62. The zero-order valence-corrected chi connectivity index (χ0v) is 15.3. The number of carbonyl (C=O) groups is 3. The summed E-state index contributed by atoms with van der Waals surface area (Å²) >= 11 is 7.36. The van der Waals surface area contributed by atoms with Crippen molar-refractivity contribution in [2.24, 2.45) is 0 Å². The molecule has 0 saturated heterocycles. The standard InChI is InChI=1S/C18H17ClN2O3S/c1-2-20(11-12-7-8-15(19)25-12)16(22)9-10-21-17(23)13-5-3-4-6-14(13)18(21)24/h3-8H,2,9-11H2,1H3. The molecule has 0 spiro atoms. The Kier molecular flexibility index (Phi) is 5.20. The van der Waals surface area contributed by atoms with Crippen molar-refractivity contribution in [1.82, 2.24) is 9.80 Å². The number of thiophene rings is 1. The van der Waals surface area contributed by atoms with Crippen molar-refractivity contribution in [2.45, 2.75) is 19.9 Å². The van der Waals surface area contributed by atoms with E-state index < -0.39 is 0 Å². The number of hydrogen-bond donors (Lipinski definition) is 0. The summed E-state index contributed by atoms with van der Waals surface area (Å²) in [5.74, 6) is -0.758. The maximum atomic E-state index is 12.5. The van der Waals surface area contributed by atoms with E-state index in [2.05, 4.69) is 0 Å². The van der Waals surface area contributed by atoms with Gasteiger partial charge in [-0.2, -0.15) is 0 Å². The summed E-state index contributed by atoms with van der Waals surface area (Å²) in [6.07, 6.45) is 0.110. The molecule has 0 fully saturated rings. The minimum atomic E-state index is -0.332. The van der Waals surface area contributed by atoms with Gasteiger partial charge in [-0.1, -0.05) is 23.7 Å². The van der Waals surface area contributed by atoms with Crippen LogP contribution in [0.25, 0.3) is 0 Å². The quantitative estimate of drug-likeness (QED) is 0.726. The van der Waals surface area contributed by atoms with Crippen LogP contribution in [0.3, 0.4) is 0 Å². The van der Waals surface area contributed by atoms with E-state index in [0.29, 0.717) is 28.6 Å². The monoisotopic (exact) mass is 376 g/mol. The molecular weight excluding hydrogens is 360 g/mol. The second kappa shape index (κ2) is 7.37. The minimum absolute atomic E-state index is 0.0902. The average Bonchev–Trinajstić information content (AvgIpc) is 3.13. The van der Waals surface area contributed by atoms with E-state index in [9.17, 15) is 14.4 Å². The van der Waals surface area contributed by atoms with Gasteiger partial charge in [0.2, 0.25) is 5.91 Å². The van der Waals surface area contributed by atoms with Crippen LogP contribution in [-0.2, 0) is 11.3 Å². The second-order valence-corrected chi connectivity index (χ2v) is 7.47. The highest BCUT2D eigenvalue weighted by Crippen LogP contribution is 2.24. The number of carbonyl (C=O) groups excluding carboxylic acids is 3. The fourth-order valence-electron chi connectivity index (χ4n) is 2.81. The Morgan fingerprint density at radius 2 is 1.76 bits per heavy atom. The number of fused-ring (bicyclic) bond motifs is 1. The maximum absolute atomic E-state index is 12.5. The van der Waals surface area contributed by atoms with Crippen molar-refractivity contribution in [1.29, 1.82) is 0 Å². The molecule has 25 heavy (non-hydrogen) atoms. The van der Waals surface area contributed by atoms with Gasteiger partial charge in [-0.3, -0.25) is 19.3 Å². The van der Waals surface area contributed by atoms with Crippen molar-refractivity contribution < 1.29 is 14.4 Å². The molecule has 0 aliphatic carbocycles. The normalized spacial score (nSPS) is 13.3. The lowest BCUT2D eigenvalue weighted by Gasteiger charge is -2.21. The number of benzene rings is 1. The largest absolute Gasteiger partial charge is 0.338 e. The Morgan fingerprint density at radius 3 is 2.28 bits per heavy atom. The molecule has 2 aromatic rings. The molecule has 2 heterocycles. The number of rotatable bonds is 6. The van der Waals surface area contributed by atoms with Crippen LogP contribution in [0.15, 0.2) is 36.4 Å². The lowest BCUT2D eigenvalue weighted by Crippen LogP contribution is -2.36. The van der Waals surface area contributed by atoms with Crippen LogP contribution >= 0.6 is 22.9 Å².